The first-order chi connectivity index (χ1) is 10.2. The van der Waals surface area contributed by atoms with Gasteiger partial charge in [-0.3, -0.25) is 4.72 Å². The predicted molar refractivity (Wildman–Crippen MR) is 87.8 cm³/mol. The summed E-state index contributed by atoms with van der Waals surface area (Å²) in [6.45, 7) is 0. The summed E-state index contributed by atoms with van der Waals surface area (Å²) in [5.41, 5.74) is 0.237. The second-order valence-electron chi connectivity index (χ2n) is 4.01. The SMILES string of the molecule is COc1ccc(NS(=O)(=O)c2cc(C(=O)O)sc2Br)cc1Cl. The summed E-state index contributed by atoms with van der Waals surface area (Å²) in [6.07, 6.45) is 0. The molecule has 2 N–H and O–H groups in total. The van der Waals surface area contributed by atoms with E-state index in [1.807, 2.05) is 0 Å². The third kappa shape index (κ3) is 3.54. The number of ether oxygens (including phenoxy) is 1. The first-order valence-electron chi connectivity index (χ1n) is 5.63. The first-order valence-corrected chi connectivity index (χ1v) is 9.10. The molecule has 22 heavy (non-hydrogen) atoms. The van der Waals surface area contributed by atoms with Crippen LogP contribution in [0.2, 0.25) is 5.02 Å². The van der Waals surface area contributed by atoms with Gasteiger partial charge in [0.1, 0.15) is 15.5 Å². The largest absolute Gasteiger partial charge is 0.495 e. The summed E-state index contributed by atoms with van der Waals surface area (Å²) in [6, 6.07) is 5.49. The molecule has 0 spiro atoms. The molecule has 0 radical (unpaired) electrons. The zero-order valence-electron chi connectivity index (χ0n) is 11.0. The van der Waals surface area contributed by atoms with Gasteiger partial charge < -0.3 is 9.84 Å². The highest BCUT2D eigenvalue weighted by Crippen LogP contribution is 2.34. The number of nitrogens with one attached hydrogen (secondary N) is 1. The van der Waals surface area contributed by atoms with Crippen LogP contribution in [0.5, 0.6) is 5.75 Å². The van der Waals surface area contributed by atoms with E-state index in [9.17, 15) is 13.2 Å². The number of halogens is 2. The molecule has 0 amide bonds. The van der Waals surface area contributed by atoms with Crippen LogP contribution in [0.4, 0.5) is 5.69 Å². The molecule has 1 aromatic carbocycles. The number of carbonyl (C=O) groups is 1. The van der Waals surface area contributed by atoms with Crippen LogP contribution in [0.15, 0.2) is 32.9 Å². The number of methoxy groups -OCH3 is 1. The Bertz CT molecular complexity index is 834. The molecule has 0 bridgehead atoms. The standard InChI is InChI=1S/C12H9BrClNO5S2/c1-20-8-3-2-6(4-7(8)14)15-22(18,19)10-5-9(12(16)17)21-11(10)13/h2-5,15H,1H3,(H,16,17). The van der Waals surface area contributed by atoms with Gasteiger partial charge in [-0.2, -0.15) is 0 Å². The number of thiophene rings is 1. The maximum Gasteiger partial charge on any atom is 0.345 e. The molecule has 0 aliphatic heterocycles. The van der Waals surface area contributed by atoms with Gasteiger partial charge in [-0.25, -0.2) is 13.2 Å². The Kier molecular flexibility index (Phi) is 5.00. The number of carboxylic acid groups (broad SMARTS) is 1. The van der Waals surface area contributed by atoms with E-state index < -0.39 is 16.0 Å². The van der Waals surface area contributed by atoms with Crippen LogP contribution in [0, 0.1) is 0 Å². The Labute approximate surface area is 143 Å². The van der Waals surface area contributed by atoms with E-state index in [0.29, 0.717) is 5.75 Å². The van der Waals surface area contributed by atoms with Crippen molar-refractivity contribution in [2.24, 2.45) is 0 Å². The van der Waals surface area contributed by atoms with E-state index in [2.05, 4.69) is 20.7 Å². The summed E-state index contributed by atoms with van der Waals surface area (Å²) in [5.74, 6) is -0.783. The number of hydrogen-bond donors (Lipinski definition) is 2. The lowest BCUT2D eigenvalue weighted by Gasteiger charge is -2.09. The summed E-state index contributed by atoms with van der Waals surface area (Å²) in [7, 11) is -2.50. The number of benzene rings is 1. The van der Waals surface area contributed by atoms with Gasteiger partial charge >= 0.3 is 5.97 Å². The minimum absolute atomic E-state index is 0.0833. The van der Waals surface area contributed by atoms with Gasteiger partial charge in [-0.15, -0.1) is 11.3 Å². The maximum absolute atomic E-state index is 12.3. The third-order valence-corrected chi connectivity index (χ3v) is 6.48. The highest BCUT2D eigenvalue weighted by atomic mass is 79.9. The molecule has 1 aromatic heterocycles. The average Bonchev–Trinajstić information content (AvgIpc) is 2.82. The van der Waals surface area contributed by atoms with E-state index in [1.54, 1.807) is 0 Å². The molecule has 2 aromatic rings. The van der Waals surface area contributed by atoms with Crippen molar-refractivity contribution in [1.82, 2.24) is 0 Å². The summed E-state index contributed by atoms with van der Waals surface area (Å²) < 4.78 is 32.2. The lowest BCUT2D eigenvalue weighted by molar-refractivity contribution is 0.0702. The van der Waals surface area contributed by atoms with E-state index in [4.69, 9.17) is 21.4 Å². The van der Waals surface area contributed by atoms with Crippen molar-refractivity contribution in [3.05, 3.63) is 38.0 Å². The van der Waals surface area contributed by atoms with E-state index >= 15 is 0 Å². The second kappa shape index (κ2) is 6.45. The van der Waals surface area contributed by atoms with Crippen molar-refractivity contribution in [1.29, 1.82) is 0 Å². The topological polar surface area (TPSA) is 92.7 Å². The van der Waals surface area contributed by atoms with E-state index in [0.717, 1.165) is 17.4 Å². The quantitative estimate of drug-likeness (QED) is 0.761. The minimum Gasteiger partial charge on any atom is -0.495 e. The maximum atomic E-state index is 12.3. The molecule has 0 aliphatic rings. The Hall–Kier alpha value is -1.29. The number of carboxylic acids is 1. The highest BCUT2D eigenvalue weighted by Gasteiger charge is 2.23. The molecule has 6 nitrogen and oxygen atoms in total. The van der Waals surface area contributed by atoms with Crippen molar-refractivity contribution >= 4 is 60.5 Å². The van der Waals surface area contributed by atoms with Crippen molar-refractivity contribution in [2.45, 2.75) is 4.90 Å². The number of anilines is 1. The molecule has 0 unspecified atom stereocenters. The minimum atomic E-state index is -3.94. The van der Waals surface area contributed by atoms with Crippen LogP contribution in [0.25, 0.3) is 0 Å². The summed E-state index contributed by atoms with van der Waals surface area (Å²) >= 11 is 9.82. The lowest BCUT2D eigenvalue weighted by Crippen LogP contribution is -2.12. The predicted octanol–water partition coefficient (Wildman–Crippen LogP) is 3.67. The summed E-state index contributed by atoms with van der Waals surface area (Å²) in [5, 5.41) is 9.16. The molecule has 1 heterocycles. The van der Waals surface area contributed by atoms with Crippen molar-refractivity contribution in [3.8, 4) is 5.75 Å². The molecule has 0 atom stereocenters. The monoisotopic (exact) mass is 425 g/mol. The van der Waals surface area contributed by atoms with Crippen LogP contribution in [0.3, 0.4) is 0 Å². The van der Waals surface area contributed by atoms with Gasteiger partial charge in [0.2, 0.25) is 0 Å². The van der Waals surface area contributed by atoms with Crippen LogP contribution >= 0.6 is 38.9 Å². The zero-order chi connectivity index (χ0) is 16.5. The number of hydrogen-bond acceptors (Lipinski definition) is 5. The average molecular weight is 427 g/mol. The number of sulfonamides is 1. The Morgan fingerprint density at radius 3 is 2.59 bits per heavy atom. The molecule has 10 heteroatoms. The fourth-order valence-corrected chi connectivity index (χ4v) is 5.29. The van der Waals surface area contributed by atoms with E-state index in [-0.39, 0.29) is 24.3 Å². The molecule has 118 valence electrons. The van der Waals surface area contributed by atoms with Gasteiger partial charge in [0.25, 0.3) is 10.0 Å². The van der Waals surface area contributed by atoms with Crippen LogP contribution in [0.1, 0.15) is 9.67 Å². The Balaban J connectivity index is 2.35. The summed E-state index contributed by atoms with van der Waals surface area (Å²) in [4.78, 5) is 10.7. The van der Waals surface area contributed by atoms with Gasteiger partial charge in [-0.05, 0) is 40.2 Å². The molecular weight excluding hydrogens is 418 g/mol. The number of rotatable bonds is 5. The van der Waals surface area contributed by atoms with Crippen LogP contribution < -0.4 is 9.46 Å². The van der Waals surface area contributed by atoms with Gasteiger partial charge in [0.15, 0.2) is 0 Å². The third-order valence-electron chi connectivity index (χ3n) is 2.56. The van der Waals surface area contributed by atoms with Gasteiger partial charge in [0.05, 0.1) is 21.6 Å². The fourth-order valence-electron chi connectivity index (χ4n) is 1.58. The van der Waals surface area contributed by atoms with Crippen molar-refractivity contribution in [2.75, 3.05) is 11.8 Å². The molecule has 0 saturated heterocycles. The van der Waals surface area contributed by atoms with Crippen molar-refractivity contribution in [3.63, 3.8) is 0 Å². The molecule has 2 rings (SSSR count). The molecule has 0 aliphatic carbocycles. The highest BCUT2D eigenvalue weighted by molar-refractivity contribution is 9.11. The van der Waals surface area contributed by atoms with Crippen molar-refractivity contribution < 1.29 is 23.1 Å². The zero-order valence-corrected chi connectivity index (χ0v) is 14.9. The van der Waals surface area contributed by atoms with Crippen LogP contribution in [-0.4, -0.2) is 26.6 Å². The number of aromatic carboxylic acids is 1. The molecular formula is C12H9BrClNO5S2. The fraction of sp³-hybridized carbons (Fsp3) is 0.0833. The lowest BCUT2D eigenvalue weighted by atomic mass is 10.3. The molecule has 0 fully saturated rings. The normalized spacial score (nSPS) is 11.2. The Morgan fingerprint density at radius 1 is 1.41 bits per heavy atom. The molecule has 0 saturated carbocycles. The van der Waals surface area contributed by atoms with Gasteiger partial charge in [-0.1, -0.05) is 11.6 Å². The van der Waals surface area contributed by atoms with Crippen LogP contribution in [-0.2, 0) is 10.0 Å². The van der Waals surface area contributed by atoms with Gasteiger partial charge in [0, 0.05) is 0 Å². The second-order valence-corrected chi connectivity index (χ2v) is 8.44. The van der Waals surface area contributed by atoms with E-state index in [1.165, 1.54) is 25.3 Å². The Morgan fingerprint density at radius 2 is 2.09 bits per heavy atom. The first kappa shape index (κ1) is 17.1. The smallest absolute Gasteiger partial charge is 0.345 e.